The Morgan fingerprint density at radius 2 is 1.80 bits per heavy atom. The lowest BCUT2D eigenvalue weighted by molar-refractivity contribution is -0.138. The summed E-state index contributed by atoms with van der Waals surface area (Å²) in [4.78, 5) is 13.0. The highest BCUT2D eigenvalue weighted by atomic mass is 32.2. The third kappa shape index (κ3) is 6.08. The maximum Gasteiger partial charge on any atom is 0.362 e. The molecular weight excluding hydrogens is 336 g/mol. The Balaban J connectivity index is 2.16. The number of benzene rings is 2. The van der Waals surface area contributed by atoms with E-state index in [9.17, 15) is 9.90 Å². The van der Waals surface area contributed by atoms with Gasteiger partial charge in [0, 0.05) is 4.90 Å². The Morgan fingerprint density at radius 3 is 2.44 bits per heavy atom. The molecule has 0 bridgehead atoms. The van der Waals surface area contributed by atoms with E-state index in [1.165, 1.54) is 11.8 Å². The molecule has 0 atom stereocenters. The molecule has 0 aliphatic heterocycles. The van der Waals surface area contributed by atoms with Crippen molar-refractivity contribution in [3.05, 3.63) is 71.6 Å². The topological polar surface area (TPSA) is 71.2 Å². The minimum absolute atomic E-state index is 0.163. The van der Waals surface area contributed by atoms with E-state index in [2.05, 4.69) is 10.2 Å². The molecule has 0 saturated carbocycles. The predicted octanol–water partition coefficient (Wildman–Crippen LogP) is 5.20. The summed E-state index contributed by atoms with van der Waals surface area (Å²) in [5.41, 5.74) is 1.57. The summed E-state index contributed by atoms with van der Waals surface area (Å²) in [6.07, 6.45) is 0. The summed E-state index contributed by atoms with van der Waals surface area (Å²) in [5.74, 6) is -0.654. The van der Waals surface area contributed by atoms with Crippen LogP contribution in [0.5, 0.6) is 0 Å². The van der Waals surface area contributed by atoms with Gasteiger partial charge in [-0.05, 0) is 38.1 Å². The van der Waals surface area contributed by atoms with E-state index in [0.29, 0.717) is 5.69 Å². The van der Waals surface area contributed by atoms with E-state index < -0.39 is 5.97 Å². The molecule has 2 rings (SSSR count). The van der Waals surface area contributed by atoms with Crippen LogP contribution in [0.15, 0.2) is 81.2 Å². The van der Waals surface area contributed by atoms with Gasteiger partial charge in [0.15, 0.2) is 0 Å². The molecule has 0 amide bonds. The number of aliphatic hydroxyl groups excluding tert-OH is 1. The van der Waals surface area contributed by atoms with Crippen molar-refractivity contribution >= 4 is 23.4 Å². The van der Waals surface area contributed by atoms with Crippen LogP contribution < -0.4 is 0 Å². The normalized spacial score (nSPS) is 12.1. The van der Waals surface area contributed by atoms with E-state index in [1.54, 1.807) is 19.1 Å². The molecule has 6 heteroatoms. The maximum atomic E-state index is 12.1. The van der Waals surface area contributed by atoms with Crippen molar-refractivity contribution in [2.24, 2.45) is 10.2 Å². The van der Waals surface area contributed by atoms with Gasteiger partial charge in [-0.25, -0.2) is 4.79 Å². The standard InChI is InChI=1S/C19H20N2O3S/c1-3-24-19(23)18(21-20-15-7-5-4-6-8-15)17(22)13-25-16-11-9-14(2)10-12-16/h4-12,22H,3,13H2,1-2H3/b18-17-,21-20?. The van der Waals surface area contributed by atoms with E-state index in [0.717, 1.165) is 10.5 Å². The Hall–Kier alpha value is -2.60. The molecule has 0 fully saturated rings. The zero-order valence-electron chi connectivity index (χ0n) is 14.2. The molecule has 2 aromatic rings. The quantitative estimate of drug-likeness (QED) is 0.243. The van der Waals surface area contributed by atoms with Gasteiger partial charge in [-0.15, -0.1) is 16.9 Å². The van der Waals surface area contributed by atoms with Gasteiger partial charge in [-0.2, -0.15) is 5.11 Å². The lowest BCUT2D eigenvalue weighted by Gasteiger charge is -2.06. The number of rotatable bonds is 7. The second-order valence-corrected chi connectivity index (χ2v) is 6.20. The summed E-state index contributed by atoms with van der Waals surface area (Å²) < 4.78 is 4.96. The number of carbonyl (C=O) groups excluding carboxylic acids is 1. The molecule has 1 N–H and O–H groups in total. The van der Waals surface area contributed by atoms with E-state index in [-0.39, 0.29) is 23.8 Å². The number of nitrogens with zero attached hydrogens (tertiary/aromatic N) is 2. The second-order valence-electron chi connectivity index (χ2n) is 5.15. The van der Waals surface area contributed by atoms with E-state index in [1.807, 2.05) is 49.4 Å². The van der Waals surface area contributed by atoms with Gasteiger partial charge in [0.25, 0.3) is 0 Å². The number of hydrogen-bond donors (Lipinski definition) is 1. The Morgan fingerprint density at radius 1 is 1.12 bits per heavy atom. The highest BCUT2D eigenvalue weighted by molar-refractivity contribution is 7.99. The number of aliphatic hydroxyl groups is 1. The molecule has 0 aromatic heterocycles. The molecular formula is C19H20N2O3S. The summed E-state index contributed by atoms with van der Waals surface area (Å²) in [7, 11) is 0. The molecule has 0 saturated heterocycles. The highest BCUT2D eigenvalue weighted by Gasteiger charge is 2.17. The molecule has 0 radical (unpaired) electrons. The van der Waals surface area contributed by atoms with Crippen LogP contribution in [0.1, 0.15) is 12.5 Å². The van der Waals surface area contributed by atoms with Crippen molar-refractivity contribution in [3.63, 3.8) is 0 Å². The number of aryl methyl sites for hydroxylation is 1. The number of thioether (sulfide) groups is 1. The number of ether oxygens (including phenoxy) is 1. The third-order valence-corrected chi connectivity index (χ3v) is 4.18. The Kier molecular flexibility index (Phi) is 7.22. The van der Waals surface area contributed by atoms with Gasteiger partial charge in [0.05, 0.1) is 18.0 Å². The van der Waals surface area contributed by atoms with Gasteiger partial charge in [0.2, 0.25) is 5.70 Å². The van der Waals surface area contributed by atoms with Crippen LogP contribution in [0.25, 0.3) is 0 Å². The van der Waals surface area contributed by atoms with Crippen molar-refractivity contribution in [1.29, 1.82) is 0 Å². The van der Waals surface area contributed by atoms with Crippen LogP contribution in [0.4, 0.5) is 5.69 Å². The zero-order chi connectivity index (χ0) is 18.1. The van der Waals surface area contributed by atoms with E-state index in [4.69, 9.17) is 4.74 Å². The molecule has 0 aliphatic carbocycles. The van der Waals surface area contributed by atoms with Crippen LogP contribution in [-0.2, 0) is 9.53 Å². The zero-order valence-corrected chi connectivity index (χ0v) is 15.0. The maximum absolute atomic E-state index is 12.1. The van der Waals surface area contributed by atoms with Crippen LogP contribution in [-0.4, -0.2) is 23.4 Å². The van der Waals surface area contributed by atoms with Crippen molar-refractivity contribution in [1.82, 2.24) is 0 Å². The minimum Gasteiger partial charge on any atom is -0.509 e. The first-order chi connectivity index (χ1) is 12.1. The fourth-order valence-corrected chi connectivity index (χ4v) is 2.64. The molecule has 0 heterocycles. The monoisotopic (exact) mass is 356 g/mol. The molecule has 0 spiro atoms. The first-order valence-electron chi connectivity index (χ1n) is 7.85. The van der Waals surface area contributed by atoms with Gasteiger partial charge in [-0.3, -0.25) is 0 Å². The first kappa shape index (κ1) is 18.7. The lowest BCUT2D eigenvalue weighted by atomic mass is 10.2. The molecule has 2 aromatic carbocycles. The van der Waals surface area contributed by atoms with Crippen molar-refractivity contribution in [2.75, 3.05) is 12.4 Å². The van der Waals surface area contributed by atoms with Crippen molar-refractivity contribution < 1.29 is 14.6 Å². The molecule has 130 valence electrons. The Labute approximate surface area is 151 Å². The SMILES string of the molecule is CCOC(=O)/C(N=Nc1ccccc1)=C(/O)CSc1ccc(C)cc1. The smallest absolute Gasteiger partial charge is 0.362 e. The first-order valence-corrected chi connectivity index (χ1v) is 8.84. The van der Waals surface area contributed by atoms with Crippen LogP contribution in [0, 0.1) is 6.92 Å². The van der Waals surface area contributed by atoms with Gasteiger partial charge in [0.1, 0.15) is 5.76 Å². The number of esters is 1. The lowest BCUT2D eigenvalue weighted by Crippen LogP contribution is -2.09. The fourth-order valence-electron chi connectivity index (χ4n) is 1.87. The fraction of sp³-hybridized carbons (Fsp3) is 0.211. The van der Waals surface area contributed by atoms with E-state index >= 15 is 0 Å². The molecule has 0 unspecified atom stereocenters. The summed E-state index contributed by atoms with van der Waals surface area (Å²) in [6, 6.07) is 16.9. The molecule has 0 aliphatic rings. The molecule has 25 heavy (non-hydrogen) atoms. The van der Waals surface area contributed by atoms with Crippen molar-refractivity contribution in [3.8, 4) is 0 Å². The molecule has 5 nitrogen and oxygen atoms in total. The van der Waals surface area contributed by atoms with Gasteiger partial charge < -0.3 is 9.84 Å². The predicted molar refractivity (Wildman–Crippen MR) is 99.1 cm³/mol. The largest absolute Gasteiger partial charge is 0.509 e. The Bertz CT molecular complexity index is 756. The third-order valence-electron chi connectivity index (χ3n) is 3.16. The number of hydrogen-bond acceptors (Lipinski definition) is 6. The summed E-state index contributed by atoms with van der Waals surface area (Å²) in [6.45, 7) is 3.90. The number of azo groups is 1. The summed E-state index contributed by atoms with van der Waals surface area (Å²) >= 11 is 1.41. The van der Waals surface area contributed by atoms with Gasteiger partial charge >= 0.3 is 5.97 Å². The second kappa shape index (κ2) is 9.64. The van der Waals surface area contributed by atoms with Crippen molar-refractivity contribution in [2.45, 2.75) is 18.7 Å². The van der Waals surface area contributed by atoms with Crippen LogP contribution in [0.3, 0.4) is 0 Å². The van der Waals surface area contributed by atoms with Crippen LogP contribution in [0.2, 0.25) is 0 Å². The average Bonchev–Trinajstić information content (AvgIpc) is 2.62. The highest BCUT2D eigenvalue weighted by Crippen LogP contribution is 2.23. The van der Waals surface area contributed by atoms with Crippen LogP contribution >= 0.6 is 11.8 Å². The summed E-state index contributed by atoms with van der Waals surface area (Å²) in [5, 5.41) is 18.2. The number of carbonyl (C=O) groups is 1. The minimum atomic E-state index is -0.691. The van der Waals surface area contributed by atoms with Gasteiger partial charge in [-0.1, -0.05) is 35.9 Å². The average molecular weight is 356 g/mol.